The van der Waals surface area contributed by atoms with Crippen molar-refractivity contribution < 1.29 is 31.6 Å². The third kappa shape index (κ3) is 7.38. The van der Waals surface area contributed by atoms with Gasteiger partial charge in [-0.15, -0.1) is 0 Å². The lowest BCUT2D eigenvalue weighted by molar-refractivity contribution is -0.137. The number of hydrogen-bond acceptors (Lipinski definition) is 4. The molecule has 170 valence electrons. The molecule has 0 saturated carbocycles. The maximum Gasteiger partial charge on any atom is 0.416 e. The highest BCUT2D eigenvalue weighted by Gasteiger charge is 2.38. The van der Waals surface area contributed by atoms with E-state index in [-0.39, 0.29) is 18.9 Å². The van der Waals surface area contributed by atoms with Gasteiger partial charge in [0.25, 0.3) is 0 Å². The van der Waals surface area contributed by atoms with Crippen LogP contribution in [0.5, 0.6) is 0 Å². The van der Waals surface area contributed by atoms with Crippen LogP contribution in [-0.2, 0) is 19.8 Å². The number of benzene rings is 2. The van der Waals surface area contributed by atoms with Crippen LogP contribution in [0.4, 0.5) is 23.7 Å². The highest BCUT2D eigenvalue weighted by Crippen LogP contribution is 2.59. The molecule has 0 aromatic heterocycles. The average Bonchev–Trinajstić information content (AvgIpc) is 2.75. The Morgan fingerprint density at radius 3 is 2.16 bits per heavy atom. The Morgan fingerprint density at radius 1 is 1.00 bits per heavy atom. The fraction of sp³-hybridized carbons (Fsp3) is 0.381. The van der Waals surface area contributed by atoms with Crippen molar-refractivity contribution in [1.29, 1.82) is 0 Å². The molecule has 2 aromatic carbocycles. The fourth-order valence-corrected chi connectivity index (χ4v) is 4.73. The zero-order chi connectivity index (χ0) is 22.9. The summed E-state index contributed by atoms with van der Waals surface area (Å²) in [6.45, 7) is 3.99. The van der Waals surface area contributed by atoms with Crippen LogP contribution in [0, 0.1) is 0 Å². The Morgan fingerprint density at radius 2 is 1.61 bits per heavy atom. The smallest absolute Gasteiger partial charge is 0.320 e. The van der Waals surface area contributed by atoms with E-state index in [9.17, 15) is 22.5 Å². The van der Waals surface area contributed by atoms with Crippen molar-refractivity contribution in [2.75, 3.05) is 18.5 Å². The molecule has 0 radical (unpaired) electrons. The van der Waals surface area contributed by atoms with Gasteiger partial charge in [0.1, 0.15) is 0 Å². The number of amides is 2. The number of halogens is 3. The fourth-order valence-electron chi connectivity index (χ4n) is 2.67. The van der Waals surface area contributed by atoms with Crippen LogP contribution in [0.1, 0.15) is 43.6 Å². The number of anilines is 1. The van der Waals surface area contributed by atoms with Crippen LogP contribution in [0.25, 0.3) is 0 Å². The minimum absolute atomic E-state index is 0.0575. The molecule has 0 aliphatic rings. The minimum atomic E-state index is -4.54. The first-order valence-electron chi connectivity index (χ1n) is 9.88. The van der Waals surface area contributed by atoms with Gasteiger partial charge in [0.15, 0.2) is 5.78 Å². The first kappa shape index (κ1) is 24.9. The second kappa shape index (κ2) is 11.3. The molecule has 0 aliphatic carbocycles. The largest absolute Gasteiger partial charge is 0.416 e. The number of nitrogens with one attached hydrogen (secondary N) is 2. The second-order valence-corrected chi connectivity index (χ2v) is 8.81. The Kier molecular flexibility index (Phi) is 9.10. The van der Waals surface area contributed by atoms with Gasteiger partial charge in [-0.3, -0.25) is 4.57 Å². The normalized spacial score (nSPS) is 12.9. The van der Waals surface area contributed by atoms with Crippen LogP contribution >= 0.6 is 7.60 Å². The van der Waals surface area contributed by atoms with Crippen molar-refractivity contribution >= 4 is 19.3 Å². The van der Waals surface area contributed by atoms with Gasteiger partial charge in [0, 0.05) is 5.69 Å². The van der Waals surface area contributed by atoms with Gasteiger partial charge < -0.3 is 19.7 Å². The Labute approximate surface area is 179 Å². The quantitative estimate of drug-likeness (QED) is 0.395. The summed E-state index contributed by atoms with van der Waals surface area (Å²) in [5.41, 5.74) is -0.469. The average molecular weight is 458 g/mol. The third-order valence-electron chi connectivity index (χ3n) is 4.10. The molecule has 1 unspecified atom stereocenters. The Balaban J connectivity index is 2.29. The maximum atomic E-state index is 13.6. The SMILES string of the molecule is CCCOP(=O)(OCCC)C(NC(=O)Nc1cccc(C(F)(F)F)c1)c1ccccc1. The lowest BCUT2D eigenvalue weighted by Crippen LogP contribution is -2.33. The van der Waals surface area contributed by atoms with E-state index in [4.69, 9.17) is 9.05 Å². The van der Waals surface area contributed by atoms with Crippen LogP contribution in [0.2, 0.25) is 0 Å². The number of hydrogen-bond donors (Lipinski definition) is 2. The lowest BCUT2D eigenvalue weighted by atomic mass is 10.2. The molecule has 0 spiro atoms. The minimum Gasteiger partial charge on any atom is -0.320 e. The summed E-state index contributed by atoms with van der Waals surface area (Å²) in [5.74, 6) is -1.14. The van der Waals surface area contributed by atoms with E-state index in [0.29, 0.717) is 18.4 Å². The second-order valence-electron chi connectivity index (χ2n) is 6.70. The standard InChI is InChI=1S/C21H26F3N2O4P/c1-3-13-29-31(28,30-14-4-2)19(16-9-6-5-7-10-16)26-20(27)25-18-12-8-11-17(15-18)21(22,23)24/h5-12,15,19H,3-4,13-14H2,1-2H3,(H2,25,26,27). The van der Waals surface area contributed by atoms with Gasteiger partial charge in [0.05, 0.1) is 18.8 Å². The zero-order valence-corrected chi connectivity index (χ0v) is 18.2. The molecule has 0 bridgehead atoms. The molecule has 0 saturated heterocycles. The molecule has 0 fully saturated rings. The van der Waals surface area contributed by atoms with Crippen LogP contribution in [-0.4, -0.2) is 19.2 Å². The molecule has 0 aliphatic heterocycles. The topological polar surface area (TPSA) is 76.7 Å². The van der Waals surface area contributed by atoms with E-state index in [1.54, 1.807) is 30.3 Å². The molecule has 2 rings (SSSR count). The van der Waals surface area contributed by atoms with E-state index in [0.717, 1.165) is 12.1 Å². The predicted octanol–water partition coefficient (Wildman–Crippen LogP) is 6.57. The Hall–Kier alpha value is -2.35. The van der Waals surface area contributed by atoms with Crippen molar-refractivity contribution in [3.63, 3.8) is 0 Å². The van der Waals surface area contributed by atoms with E-state index in [1.807, 2.05) is 13.8 Å². The molecule has 2 amide bonds. The van der Waals surface area contributed by atoms with E-state index in [2.05, 4.69) is 10.6 Å². The molecule has 0 heterocycles. The lowest BCUT2D eigenvalue weighted by Gasteiger charge is -2.28. The van der Waals surface area contributed by atoms with Crippen LogP contribution < -0.4 is 10.6 Å². The Bertz CT molecular complexity index is 882. The molecule has 31 heavy (non-hydrogen) atoms. The molecule has 6 nitrogen and oxygen atoms in total. The highest BCUT2D eigenvalue weighted by molar-refractivity contribution is 7.54. The van der Waals surface area contributed by atoms with E-state index >= 15 is 0 Å². The number of carbonyl (C=O) groups excluding carboxylic acids is 1. The predicted molar refractivity (Wildman–Crippen MR) is 113 cm³/mol. The summed E-state index contributed by atoms with van der Waals surface area (Å²) >= 11 is 0. The van der Waals surface area contributed by atoms with Gasteiger partial charge in [0.2, 0.25) is 0 Å². The van der Waals surface area contributed by atoms with Gasteiger partial charge in [-0.2, -0.15) is 13.2 Å². The zero-order valence-electron chi connectivity index (χ0n) is 17.3. The summed E-state index contributed by atoms with van der Waals surface area (Å²) in [6.07, 6.45) is -3.38. The first-order valence-corrected chi connectivity index (χ1v) is 11.5. The summed E-state index contributed by atoms with van der Waals surface area (Å²) in [6, 6.07) is 11.9. The molecule has 2 aromatic rings. The van der Waals surface area contributed by atoms with Gasteiger partial charge in [-0.1, -0.05) is 50.2 Å². The molecule has 1 atom stereocenters. The molecule has 10 heteroatoms. The van der Waals surface area contributed by atoms with Crippen LogP contribution in [0.3, 0.4) is 0 Å². The van der Waals surface area contributed by atoms with E-state index in [1.165, 1.54) is 12.1 Å². The maximum absolute atomic E-state index is 13.6. The number of urea groups is 1. The molecular weight excluding hydrogens is 432 g/mol. The number of carbonyl (C=O) groups is 1. The number of rotatable bonds is 10. The summed E-state index contributed by atoms with van der Waals surface area (Å²) in [7, 11) is -3.83. The number of alkyl halides is 3. The van der Waals surface area contributed by atoms with Crippen molar-refractivity contribution in [3.05, 3.63) is 65.7 Å². The van der Waals surface area contributed by atoms with Gasteiger partial charge in [-0.25, -0.2) is 4.79 Å². The van der Waals surface area contributed by atoms with Crippen molar-refractivity contribution in [3.8, 4) is 0 Å². The summed E-state index contributed by atoms with van der Waals surface area (Å²) in [4.78, 5) is 12.6. The van der Waals surface area contributed by atoms with Gasteiger partial charge >= 0.3 is 19.8 Å². The van der Waals surface area contributed by atoms with Crippen molar-refractivity contribution in [1.82, 2.24) is 5.32 Å². The van der Waals surface area contributed by atoms with Crippen LogP contribution in [0.15, 0.2) is 54.6 Å². The highest BCUT2D eigenvalue weighted by atomic mass is 31.2. The molecular formula is C21H26F3N2O4P. The van der Waals surface area contributed by atoms with Gasteiger partial charge in [-0.05, 0) is 36.6 Å². The summed E-state index contributed by atoms with van der Waals surface area (Å²) < 4.78 is 63.5. The summed E-state index contributed by atoms with van der Waals surface area (Å²) in [5, 5.41) is 4.91. The third-order valence-corrected chi connectivity index (χ3v) is 6.24. The monoisotopic (exact) mass is 458 g/mol. The van der Waals surface area contributed by atoms with Crippen molar-refractivity contribution in [2.24, 2.45) is 0 Å². The molecule has 2 N–H and O–H groups in total. The van der Waals surface area contributed by atoms with E-state index < -0.39 is 31.1 Å². The van der Waals surface area contributed by atoms with Crippen molar-refractivity contribution in [2.45, 2.75) is 38.6 Å². The first-order chi connectivity index (χ1) is 14.7.